The number of fused-ring (bicyclic) bond motifs is 2. The first-order chi connectivity index (χ1) is 14.7. The number of hydrogen-bond donors (Lipinski definition) is 2. The van der Waals surface area contributed by atoms with Gasteiger partial charge in [0, 0.05) is 31.4 Å². The minimum absolute atomic E-state index is 0.0539. The van der Waals surface area contributed by atoms with Crippen molar-refractivity contribution in [3.05, 3.63) is 63.3 Å². The minimum Gasteiger partial charge on any atom is -0.503 e. The van der Waals surface area contributed by atoms with Gasteiger partial charge in [0.15, 0.2) is 11.4 Å². The molecule has 0 aliphatic carbocycles. The zero-order valence-corrected chi connectivity index (χ0v) is 17.6. The van der Waals surface area contributed by atoms with Crippen LogP contribution >= 0.6 is 0 Å². The molecule has 1 fully saturated rings. The Labute approximate surface area is 178 Å². The van der Waals surface area contributed by atoms with Crippen molar-refractivity contribution in [2.45, 2.75) is 52.1 Å². The first kappa shape index (κ1) is 21.0. The highest BCUT2D eigenvalue weighted by Gasteiger charge is 2.46. The highest BCUT2D eigenvalue weighted by atomic mass is 19.1. The molecule has 1 aromatic heterocycles. The second kappa shape index (κ2) is 7.81. The van der Waals surface area contributed by atoms with Gasteiger partial charge in [-0.05, 0) is 38.5 Å². The number of carbonyl (C=O) groups is 2. The van der Waals surface area contributed by atoms with Gasteiger partial charge >= 0.3 is 0 Å². The smallest absolute Gasteiger partial charge is 0.276 e. The quantitative estimate of drug-likeness (QED) is 0.770. The van der Waals surface area contributed by atoms with E-state index in [-0.39, 0.29) is 41.9 Å². The zero-order chi connectivity index (χ0) is 22.4. The summed E-state index contributed by atoms with van der Waals surface area (Å²) in [5.74, 6) is -2.19. The number of rotatable bonds is 4. The summed E-state index contributed by atoms with van der Waals surface area (Å²) in [6, 6.07) is 5.77. The third-order valence-electron chi connectivity index (χ3n) is 5.98. The molecule has 0 unspecified atom stereocenters. The number of halogens is 1. The molecule has 0 saturated carbocycles. The number of benzene rings is 1. The molecule has 0 radical (unpaired) electrons. The van der Waals surface area contributed by atoms with Gasteiger partial charge in [-0.1, -0.05) is 12.1 Å². The van der Waals surface area contributed by atoms with Crippen LogP contribution in [0.1, 0.15) is 47.2 Å². The summed E-state index contributed by atoms with van der Waals surface area (Å²) in [7, 11) is 0. The van der Waals surface area contributed by atoms with E-state index in [1.54, 1.807) is 4.90 Å². The van der Waals surface area contributed by atoms with Gasteiger partial charge < -0.3 is 19.9 Å². The van der Waals surface area contributed by atoms with Gasteiger partial charge in [-0.15, -0.1) is 0 Å². The molecule has 2 atom stereocenters. The Morgan fingerprint density at radius 3 is 2.55 bits per heavy atom. The molecule has 2 aliphatic rings. The Bertz CT molecular complexity index is 1100. The molecule has 2 amide bonds. The molecule has 0 spiro atoms. The van der Waals surface area contributed by atoms with Gasteiger partial charge in [0.25, 0.3) is 11.8 Å². The van der Waals surface area contributed by atoms with Crippen LogP contribution in [0.25, 0.3) is 0 Å². The van der Waals surface area contributed by atoms with E-state index in [2.05, 4.69) is 10.2 Å². The number of amides is 2. The number of aromatic nitrogens is 1. The zero-order valence-electron chi connectivity index (χ0n) is 17.6. The van der Waals surface area contributed by atoms with Gasteiger partial charge in [-0.2, -0.15) is 0 Å². The predicted molar refractivity (Wildman–Crippen MR) is 111 cm³/mol. The first-order valence-corrected chi connectivity index (χ1v) is 10.3. The van der Waals surface area contributed by atoms with E-state index in [9.17, 15) is 23.9 Å². The fourth-order valence-corrected chi connectivity index (χ4v) is 4.41. The average molecular weight is 428 g/mol. The number of carbonyl (C=O) groups excluding carboxylic acids is 2. The SMILES string of the molecule is CC(C)N1C[C@@H](C)N2C(=O)c3c(O)c(=O)c(C(=O)NCc4ccc(F)cc4)cn3C[C@@H]12. The van der Waals surface area contributed by atoms with E-state index in [4.69, 9.17) is 0 Å². The molecule has 1 aromatic carbocycles. The molecule has 0 bridgehead atoms. The lowest BCUT2D eigenvalue weighted by Gasteiger charge is -2.38. The lowest BCUT2D eigenvalue weighted by Crippen LogP contribution is -2.53. The molecule has 2 aliphatic heterocycles. The average Bonchev–Trinajstić information content (AvgIpc) is 3.06. The molecular weight excluding hydrogens is 403 g/mol. The summed E-state index contributed by atoms with van der Waals surface area (Å²) < 4.78 is 14.5. The maximum atomic E-state index is 13.1. The van der Waals surface area contributed by atoms with E-state index < -0.39 is 23.0 Å². The van der Waals surface area contributed by atoms with Crippen LogP contribution in [0.3, 0.4) is 0 Å². The fraction of sp³-hybridized carbons (Fsp3) is 0.409. The highest BCUT2D eigenvalue weighted by Crippen LogP contribution is 2.32. The molecule has 3 heterocycles. The van der Waals surface area contributed by atoms with Crippen LogP contribution in [-0.4, -0.2) is 56.1 Å². The molecule has 9 heteroatoms. The first-order valence-electron chi connectivity index (χ1n) is 10.3. The summed E-state index contributed by atoms with van der Waals surface area (Å²) in [6.07, 6.45) is 1.13. The standard InChI is InChI=1S/C22H25FN4O4/c1-12(2)26-9-13(3)27-17(26)11-25-10-16(19(28)20(29)18(25)22(27)31)21(30)24-8-14-4-6-15(23)7-5-14/h4-7,10,12-13,17,29H,8-9,11H2,1-3H3,(H,24,30)/t13-,17+/m1/s1. The van der Waals surface area contributed by atoms with Gasteiger partial charge in [0.1, 0.15) is 17.5 Å². The summed E-state index contributed by atoms with van der Waals surface area (Å²) in [4.78, 5) is 42.3. The molecular formula is C22H25FN4O4. The summed E-state index contributed by atoms with van der Waals surface area (Å²) >= 11 is 0. The second-order valence-corrected chi connectivity index (χ2v) is 8.36. The van der Waals surface area contributed by atoms with Crippen LogP contribution < -0.4 is 10.7 Å². The van der Waals surface area contributed by atoms with Gasteiger partial charge in [-0.25, -0.2) is 4.39 Å². The van der Waals surface area contributed by atoms with Crippen LogP contribution in [0.4, 0.5) is 4.39 Å². The van der Waals surface area contributed by atoms with Crippen LogP contribution in [-0.2, 0) is 13.1 Å². The third kappa shape index (κ3) is 3.59. The van der Waals surface area contributed by atoms with Crippen molar-refractivity contribution in [3.63, 3.8) is 0 Å². The van der Waals surface area contributed by atoms with Crippen molar-refractivity contribution in [2.75, 3.05) is 6.54 Å². The summed E-state index contributed by atoms with van der Waals surface area (Å²) in [6.45, 7) is 7.17. The molecule has 4 rings (SSSR count). The van der Waals surface area contributed by atoms with Crippen LogP contribution in [0.2, 0.25) is 0 Å². The molecule has 164 valence electrons. The van der Waals surface area contributed by atoms with Gasteiger partial charge in [0.2, 0.25) is 5.43 Å². The second-order valence-electron chi connectivity index (χ2n) is 8.36. The van der Waals surface area contributed by atoms with Crippen molar-refractivity contribution >= 4 is 11.8 Å². The highest BCUT2D eigenvalue weighted by molar-refractivity contribution is 5.99. The lowest BCUT2D eigenvalue weighted by molar-refractivity contribution is 0.0404. The molecule has 2 N–H and O–H groups in total. The Balaban J connectivity index is 1.64. The summed E-state index contributed by atoms with van der Waals surface area (Å²) in [5, 5.41) is 13.1. The maximum absolute atomic E-state index is 13.1. The number of aromatic hydroxyl groups is 1. The Morgan fingerprint density at radius 1 is 1.23 bits per heavy atom. The van der Waals surface area contributed by atoms with Crippen molar-refractivity contribution < 1.29 is 19.1 Å². The number of nitrogens with one attached hydrogen (secondary N) is 1. The predicted octanol–water partition coefficient (Wildman–Crippen LogP) is 1.52. The van der Waals surface area contributed by atoms with E-state index in [1.165, 1.54) is 35.0 Å². The fourth-order valence-electron chi connectivity index (χ4n) is 4.41. The van der Waals surface area contributed by atoms with Crippen LogP contribution in [0.5, 0.6) is 5.75 Å². The van der Waals surface area contributed by atoms with Crippen molar-refractivity contribution in [3.8, 4) is 5.75 Å². The number of nitrogens with zero attached hydrogens (tertiary/aromatic N) is 3. The lowest BCUT2D eigenvalue weighted by atomic mass is 10.1. The van der Waals surface area contributed by atoms with E-state index in [1.807, 2.05) is 20.8 Å². The van der Waals surface area contributed by atoms with Gasteiger partial charge in [-0.3, -0.25) is 19.3 Å². The van der Waals surface area contributed by atoms with Gasteiger partial charge in [0.05, 0.1) is 6.54 Å². The topological polar surface area (TPSA) is 94.9 Å². The normalized spacial score (nSPS) is 20.7. The van der Waals surface area contributed by atoms with Crippen LogP contribution in [0.15, 0.2) is 35.3 Å². The van der Waals surface area contributed by atoms with Crippen LogP contribution in [0, 0.1) is 5.82 Å². The maximum Gasteiger partial charge on any atom is 0.276 e. The van der Waals surface area contributed by atoms with E-state index in [0.717, 1.165) is 0 Å². The number of hydrogen-bond acceptors (Lipinski definition) is 5. The molecule has 31 heavy (non-hydrogen) atoms. The van der Waals surface area contributed by atoms with Crippen molar-refractivity contribution in [2.24, 2.45) is 0 Å². The van der Waals surface area contributed by atoms with E-state index >= 15 is 0 Å². The molecule has 2 aromatic rings. The largest absolute Gasteiger partial charge is 0.503 e. The summed E-state index contributed by atoms with van der Waals surface area (Å²) in [5.41, 5.74) is -0.557. The van der Waals surface area contributed by atoms with Crippen molar-refractivity contribution in [1.29, 1.82) is 0 Å². The Hall–Kier alpha value is -3.20. The van der Waals surface area contributed by atoms with Crippen molar-refractivity contribution in [1.82, 2.24) is 19.7 Å². The minimum atomic E-state index is -0.887. The Kier molecular flexibility index (Phi) is 5.30. The third-order valence-corrected chi connectivity index (χ3v) is 5.98. The Morgan fingerprint density at radius 2 is 1.90 bits per heavy atom. The molecule has 8 nitrogen and oxygen atoms in total. The number of pyridine rings is 1. The molecule has 1 saturated heterocycles. The monoisotopic (exact) mass is 428 g/mol. The van der Waals surface area contributed by atoms with E-state index in [0.29, 0.717) is 18.7 Å².